The van der Waals surface area contributed by atoms with Crippen LogP contribution in [0.3, 0.4) is 0 Å². The standard InChI is InChI=1S/C21H23IN4O2S/c1-13(2)15-4-7-17(8-5-15)28-11-19-24-21(26-25-19)29-12-20(27)23-18-9-6-16(22)10-14(18)3/h4-10,13H,11-12H2,1-3H3,(H,23,27)(H,24,25,26). The van der Waals surface area contributed by atoms with E-state index >= 15 is 0 Å². The van der Waals surface area contributed by atoms with Gasteiger partial charge in [-0.1, -0.05) is 37.7 Å². The first-order valence-corrected chi connectivity index (χ1v) is 11.3. The summed E-state index contributed by atoms with van der Waals surface area (Å²) in [5.41, 5.74) is 3.13. The molecule has 0 radical (unpaired) electrons. The highest BCUT2D eigenvalue weighted by Gasteiger charge is 2.10. The number of nitrogens with zero attached hydrogens (tertiary/aromatic N) is 2. The van der Waals surface area contributed by atoms with Crippen molar-refractivity contribution in [3.05, 3.63) is 63.0 Å². The molecule has 8 heteroatoms. The Morgan fingerprint density at radius 1 is 1.24 bits per heavy atom. The normalized spacial score (nSPS) is 10.9. The van der Waals surface area contributed by atoms with Crippen molar-refractivity contribution in [1.82, 2.24) is 15.2 Å². The minimum absolute atomic E-state index is 0.0906. The maximum Gasteiger partial charge on any atom is 0.234 e. The van der Waals surface area contributed by atoms with Crippen LogP contribution in [0.4, 0.5) is 5.69 Å². The number of hydrogen-bond donors (Lipinski definition) is 2. The summed E-state index contributed by atoms with van der Waals surface area (Å²) in [6.07, 6.45) is 0. The first kappa shape index (κ1) is 21.6. The van der Waals surface area contributed by atoms with Crippen LogP contribution >= 0.6 is 34.4 Å². The lowest BCUT2D eigenvalue weighted by Crippen LogP contribution is -2.15. The Hall–Kier alpha value is -2.07. The van der Waals surface area contributed by atoms with Crippen LogP contribution in [0.25, 0.3) is 0 Å². The Morgan fingerprint density at radius 2 is 2.00 bits per heavy atom. The summed E-state index contributed by atoms with van der Waals surface area (Å²) in [6.45, 7) is 6.59. The smallest absolute Gasteiger partial charge is 0.234 e. The van der Waals surface area contributed by atoms with Gasteiger partial charge in [-0.15, -0.1) is 5.10 Å². The third-order valence-corrected chi connectivity index (χ3v) is 5.75. The molecule has 3 aromatic rings. The molecule has 29 heavy (non-hydrogen) atoms. The molecule has 1 heterocycles. The number of anilines is 1. The summed E-state index contributed by atoms with van der Waals surface area (Å²) in [7, 11) is 0. The number of aromatic nitrogens is 3. The van der Waals surface area contributed by atoms with Crippen LogP contribution in [0.2, 0.25) is 0 Å². The number of aromatic amines is 1. The summed E-state index contributed by atoms with van der Waals surface area (Å²) in [4.78, 5) is 16.6. The molecule has 152 valence electrons. The van der Waals surface area contributed by atoms with E-state index in [0.29, 0.717) is 23.5 Å². The van der Waals surface area contributed by atoms with Crippen molar-refractivity contribution in [3.8, 4) is 5.75 Å². The molecule has 6 nitrogen and oxygen atoms in total. The van der Waals surface area contributed by atoms with Gasteiger partial charge in [-0.3, -0.25) is 9.89 Å². The van der Waals surface area contributed by atoms with Gasteiger partial charge in [-0.2, -0.15) is 0 Å². The second-order valence-electron chi connectivity index (χ2n) is 6.87. The number of benzene rings is 2. The number of ether oxygens (including phenoxy) is 1. The van der Waals surface area contributed by atoms with Crippen LogP contribution in [0.15, 0.2) is 47.6 Å². The number of rotatable bonds is 8. The highest BCUT2D eigenvalue weighted by molar-refractivity contribution is 14.1. The van der Waals surface area contributed by atoms with Crippen LogP contribution in [0.5, 0.6) is 5.75 Å². The van der Waals surface area contributed by atoms with Crippen molar-refractivity contribution < 1.29 is 9.53 Å². The van der Waals surface area contributed by atoms with Crippen molar-refractivity contribution in [3.63, 3.8) is 0 Å². The molecule has 0 spiro atoms. The van der Waals surface area contributed by atoms with Crippen molar-refractivity contribution in [2.75, 3.05) is 11.1 Å². The number of thioether (sulfide) groups is 1. The first-order chi connectivity index (χ1) is 13.9. The molecule has 2 aromatic carbocycles. The van der Waals surface area contributed by atoms with Gasteiger partial charge < -0.3 is 10.1 Å². The first-order valence-electron chi connectivity index (χ1n) is 9.23. The van der Waals surface area contributed by atoms with E-state index in [1.165, 1.54) is 17.3 Å². The minimum atomic E-state index is -0.0906. The van der Waals surface area contributed by atoms with E-state index in [9.17, 15) is 4.79 Å². The molecule has 0 aliphatic heterocycles. The maximum atomic E-state index is 12.2. The zero-order valence-electron chi connectivity index (χ0n) is 16.5. The molecule has 0 fully saturated rings. The minimum Gasteiger partial charge on any atom is -0.486 e. The fourth-order valence-electron chi connectivity index (χ4n) is 2.59. The highest BCUT2D eigenvalue weighted by Crippen LogP contribution is 2.21. The van der Waals surface area contributed by atoms with Gasteiger partial charge in [-0.05, 0) is 76.9 Å². The molecule has 2 N–H and O–H groups in total. The van der Waals surface area contributed by atoms with E-state index < -0.39 is 0 Å². The summed E-state index contributed by atoms with van der Waals surface area (Å²) in [6, 6.07) is 14.0. The Kier molecular flexibility index (Phi) is 7.54. The number of aryl methyl sites for hydroxylation is 1. The molecule has 0 saturated heterocycles. The molecule has 0 aliphatic carbocycles. The topological polar surface area (TPSA) is 79.9 Å². The van der Waals surface area contributed by atoms with Gasteiger partial charge in [0.2, 0.25) is 11.1 Å². The lowest BCUT2D eigenvalue weighted by atomic mass is 10.0. The van der Waals surface area contributed by atoms with E-state index in [1.54, 1.807) is 0 Å². The van der Waals surface area contributed by atoms with Gasteiger partial charge in [0.05, 0.1) is 5.75 Å². The number of H-pyrrole nitrogens is 1. The van der Waals surface area contributed by atoms with Crippen molar-refractivity contribution in [2.24, 2.45) is 0 Å². The van der Waals surface area contributed by atoms with Gasteiger partial charge in [0.1, 0.15) is 12.4 Å². The summed E-state index contributed by atoms with van der Waals surface area (Å²) in [5.74, 6) is 2.04. The molecular formula is C21H23IN4O2S. The van der Waals surface area contributed by atoms with Gasteiger partial charge in [0.25, 0.3) is 0 Å². The lowest BCUT2D eigenvalue weighted by Gasteiger charge is -2.08. The van der Waals surface area contributed by atoms with Crippen LogP contribution in [0, 0.1) is 10.5 Å². The molecule has 0 bridgehead atoms. The molecule has 0 atom stereocenters. The van der Waals surface area contributed by atoms with Gasteiger partial charge >= 0.3 is 0 Å². The number of nitrogens with one attached hydrogen (secondary N) is 2. The molecule has 1 amide bonds. The predicted molar refractivity (Wildman–Crippen MR) is 124 cm³/mol. The van der Waals surface area contributed by atoms with Gasteiger partial charge in [-0.25, -0.2) is 4.98 Å². The molecular weight excluding hydrogens is 499 g/mol. The second kappa shape index (κ2) is 10.1. The Bertz CT molecular complexity index is 973. The third kappa shape index (κ3) is 6.46. The summed E-state index contributed by atoms with van der Waals surface area (Å²) >= 11 is 3.53. The SMILES string of the molecule is Cc1cc(I)ccc1NC(=O)CSc1n[nH]c(COc2ccc(C(C)C)cc2)n1. The zero-order valence-corrected chi connectivity index (χ0v) is 19.5. The number of amides is 1. The van der Waals surface area contributed by atoms with Crippen LogP contribution < -0.4 is 10.1 Å². The molecule has 0 aliphatic rings. The fraction of sp³-hybridized carbons (Fsp3) is 0.286. The van der Waals surface area contributed by atoms with Crippen molar-refractivity contribution in [2.45, 2.75) is 38.5 Å². The maximum absolute atomic E-state index is 12.2. The van der Waals surface area contributed by atoms with E-state index in [-0.39, 0.29) is 11.7 Å². The average molecular weight is 522 g/mol. The number of carbonyl (C=O) groups excluding carboxylic acids is 1. The average Bonchev–Trinajstić information content (AvgIpc) is 3.15. The summed E-state index contributed by atoms with van der Waals surface area (Å²) < 4.78 is 6.88. The molecule has 0 saturated carbocycles. The zero-order chi connectivity index (χ0) is 20.8. The molecule has 1 aromatic heterocycles. The largest absolute Gasteiger partial charge is 0.486 e. The monoisotopic (exact) mass is 522 g/mol. The van der Waals surface area contributed by atoms with E-state index in [2.05, 4.69) is 69.1 Å². The van der Waals surface area contributed by atoms with Crippen LogP contribution in [-0.2, 0) is 11.4 Å². The lowest BCUT2D eigenvalue weighted by molar-refractivity contribution is -0.113. The third-order valence-electron chi connectivity index (χ3n) is 4.23. The van der Waals surface area contributed by atoms with Crippen LogP contribution in [0.1, 0.15) is 36.7 Å². The van der Waals surface area contributed by atoms with Gasteiger partial charge in [0, 0.05) is 9.26 Å². The number of hydrogen-bond acceptors (Lipinski definition) is 5. The van der Waals surface area contributed by atoms with E-state index in [0.717, 1.165) is 20.6 Å². The Morgan fingerprint density at radius 3 is 2.69 bits per heavy atom. The predicted octanol–water partition coefficient (Wildman–Crippen LogP) is 5.15. The number of carbonyl (C=O) groups is 1. The quantitative estimate of drug-likeness (QED) is 0.316. The highest BCUT2D eigenvalue weighted by atomic mass is 127. The van der Waals surface area contributed by atoms with Crippen molar-refractivity contribution in [1.29, 1.82) is 0 Å². The van der Waals surface area contributed by atoms with E-state index in [1.807, 2.05) is 37.3 Å². The number of halogens is 1. The molecule has 0 unspecified atom stereocenters. The Labute approximate surface area is 188 Å². The van der Waals surface area contributed by atoms with Gasteiger partial charge in [0.15, 0.2) is 5.82 Å². The molecule has 3 rings (SSSR count). The van der Waals surface area contributed by atoms with Crippen molar-refractivity contribution >= 4 is 45.9 Å². The Balaban J connectivity index is 1.46. The van der Waals surface area contributed by atoms with E-state index in [4.69, 9.17) is 4.74 Å². The second-order valence-corrected chi connectivity index (χ2v) is 9.06. The summed E-state index contributed by atoms with van der Waals surface area (Å²) in [5, 5.41) is 10.4. The fourth-order valence-corrected chi connectivity index (χ4v) is 3.86. The van der Waals surface area contributed by atoms with Crippen LogP contribution in [-0.4, -0.2) is 26.8 Å².